The van der Waals surface area contributed by atoms with E-state index < -0.39 is 5.97 Å². The first-order valence-corrected chi connectivity index (χ1v) is 11.1. The van der Waals surface area contributed by atoms with Gasteiger partial charge >= 0.3 is 5.97 Å². The molecule has 7 heteroatoms. The number of aliphatic imine (C=N–C) groups is 1. The zero-order valence-electron chi connectivity index (χ0n) is 18.1. The third-order valence-electron chi connectivity index (χ3n) is 4.35. The van der Waals surface area contributed by atoms with Crippen LogP contribution in [-0.2, 0) is 9.53 Å². The number of rotatable bonds is 7. The van der Waals surface area contributed by atoms with Gasteiger partial charge in [-0.05, 0) is 69.8 Å². The third kappa shape index (κ3) is 5.55. The number of hydrogen-bond acceptors (Lipinski definition) is 6. The maximum atomic E-state index is 13.0. The van der Waals surface area contributed by atoms with E-state index >= 15 is 0 Å². The number of carbonyl (C=O) groups excluding carboxylic acids is 2. The molecule has 0 atom stereocenters. The van der Waals surface area contributed by atoms with Gasteiger partial charge in [0.25, 0.3) is 5.91 Å². The maximum Gasteiger partial charge on any atom is 0.338 e. The summed E-state index contributed by atoms with van der Waals surface area (Å²) in [5.41, 5.74) is 1.86. The van der Waals surface area contributed by atoms with Crippen molar-refractivity contribution in [3.05, 3.63) is 64.6 Å². The summed E-state index contributed by atoms with van der Waals surface area (Å²) >= 11 is 1.31. The van der Waals surface area contributed by atoms with Crippen molar-refractivity contribution < 1.29 is 19.1 Å². The van der Waals surface area contributed by atoms with E-state index in [1.165, 1.54) is 11.8 Å². The van der Waals surface area contributed by atoms with E-state index in [2.05, 4.69) is 4.99 Å². The summed E-state index contributed by atoms with van der Waals surface area (Å²) < 4.78 is 10.9. The van der Waals surface area contributed by atoms with Crippen molar-refractivity contribution in [1.82, 2.24) is 4.90 Å². The highest BCUT2D eigenvalue weighted by molar-refractivity contribution is 8.18. The summed E-state index contributed by atoms with van der Waals surface area (Å²) in [6, 6.07) is 14.5. The quantitative estimate of drug-likeness (QED) is 0.435. The number of carbonyl (C=O) groups is 2. The highest BCUT2D eigenvalue weighted by atomic mass is 32.2. The molecule has 31 heavy (non-hydrogen) atoms. The van der Waals surface area contributed by atoms with Crippen LogP contribution in [0.1, 0.15) is 43.6 Å². The van der Waals surface area contributed by atoms with Gasteiger partial charge < -0.3 is 9.47 Å². The van der Waals surface area contributed by atoms with Crippen molar-refractivity contribution in [2.75, 3.05) is 13.2 Å². The zero-order valence-corrected chi connectivity index (χ0v) is 18.9. The van der Waals surface area contributed by atoms with Crippen LogP contribution >= 0.6 is 11.8 Å². The van der Waals surface area contributed by atoms with E-state index in [4.69, 9.17) is 9.47 Å². The summed E-state index contributed by atoms with van der Waals surface area (Å²) in [4.78, 5) is 31.8. The molecule has 1 aliphatic rings. The standard InChI is InChI=1S/C24H26N2O4S/c1-5-26-22(27)21(15-17-10-7-8-13-20(17)30-16(3)4)31-24(26)25-19-12-9-11-18(14-19)23(28)29-6-2/h7-16H,5-6H2,1-4H3. The zero-order chi connectivity index (χ0) is 22.4. The van der Waals surface area contributed by atoms with E-state index in [-0.39, 0.29) is 12.0 Å². The number of nitrogens with zero attached hydrogens (tertiary/aromatic N) is 2. The van der Waals surface area contributed by atoms with E-state index in [9.17, 15) is 9.59 Å². The van der Waals surface area contributed by atoms with Gasteiger partial charge in [0.15, 0.2) is 5.17 Å². The van der Waals surface area contributed by atoms with E-state index in [1.54, 1.807) is 36.1 Å². The lowest BCUT2D eigenvalue weighted by Gasteiger charge is -2.13. The van der Waals surface area contributed by atoms with Gasteiger partial charge in [-0.3, -0.25) is 9.69 Å². The third-order valence-corrected chi connectivity index (χ3v) is 5.36. The van der Waals surface area contributed by atoms with E-state index in [0.29, 0.717) is 34.5 Å². The Hall–Kier alpha value is -3.06. The van der Waals surface area contributed by atoms with Gasteiger partial charge in [-0.25, -0.2) is 9.79 Å². The Balaban J connectivity index is 1.92. The van der Waals surface area contributed by atoms with Crippen LogP contribution in [0.25, 0.3) is 6.08 Å². The normalized spacial score (nSPS) is 16.4. The van der Waals surface area contributed by atoms with E-state index in [1.807, 2.05) is 51.1 Å². The van der Waals surface area contributed by atoms with Gasteiger partial charge in [-0.1, -0.05) is 24.3 Å². The van der Waals surface area contributed by atoms with Gasteiger partial charge in [0.2, 0.25) is 0 Å². The van der Waals surface area contributed by atoms with Crippen LogP contribution in [0.5, 0.6) is 5.75 Å². The number of amidine groups is 1. The Morgan fingerprint density at radius 2 is 1.94 bits per heavy atom. The van der Waals surface area contributed by atoms with Crippen LogP contribution in [0.4, 0.5) is 5.69 Å². The SMILES string of the molecule is CCOC(=O)c1cccc(N=C2SC(=Cc3ccccc3OC(C)C)C(=O)N2CC)c1. The van der Waals surface area contributed by atoms with Gasteiger partial charge in [-0.2, -0.15) is 0 Å². The molecule has 1 amide bonds. The van der Waals surface area contributed by atoms with Crippen molar-refractivity contribution in [2.45, 2.75) is 33.8 Å². The molecule has 2 aromatic rings. The van der Waals surface area contributed by atoms with Crippen LogP contribution < -0.4 is 4.74 Å². The fourth-order valence-corrected chi connectivity index (χ4v) is 4.05. The number of para-hydroxylation sites is 1. The molecule has 0 radical (unpaired) electrons. The van der Waals surface area contributed by atoms with Gasteiger partial charge in [0, 0.05) is 12.1 Å². The number of hydrogen-bond donors (Lipinski definition) is 0. The molecule has 0 spiro atoms. The first kappa shape index (κ1) is 22.6. The van der Waals surface area contributed by atoms with Crippen molar-refractivity contribution >= 4 is 40.6 Å². The van der Waals surface area contributed by atoms with Crippen molar-refractivity contribution in [3.63, 3.8) is 0 Å². The minimum atomic E-state index is -0.394. The molecule has 0 N–H and O–H groups in total. The predicted octanol–water partition coefficient (Wildman–Crippen LogP) is 5.27. The average molecular weight is 439 g/mol. The molecule has 0 unspecified atom stereocenters. The molecule has 1 saturated heterocycles. The molecule has 0 aromatic heterocycles. The van der Waals surface area contributed by atoms with Crippen molar-refractivity contribution in [1.29, 1.82) is 0 Å². The van der Waals surface area contributed by atoms with Crippen molar-refractivity contribution in [3.8, 4) is 5.75 Å². The van der Waals surface area contributed by atoms with Crippen LogP contribution in [0.3, 0.4) is 0 Å². The Morgan fingerprint density at radius 1 is 1.16 bits per heavy atom. The Kier molecular flexibility index (Phi) is 7.52. The number of amides is 1. The van der Waals surface area contributed by atoms with Gasteiger partial charge in [0.1, 0.15) is 5.75 Å². The summed E-state index contributed by atoms with van der Waals surface area (Å²) in [6.45, 7) is 8.40. The van der Waals surface area contributed by atoms with Gasteiger partial charge in [0.05, 0.1) is 28.9 Å². The molecule has 0 aliphatic carbocycles. The summed E-state index contributed by atoms with van der Waals surface area (Å²) in [5, 5.41) is 0.571. The van der Waals surface area contributed by atoms with Crippen LogP contribution in [-0.4, -0.2) is 41.2 Å². The second-order valence-electron chi connectivity index (χ2n) is 7.03. The number of benzene rings is 2. The lowest BCUT2D eigenvalue weighted by atomic mass is 10.2. The maximum absolute atomic E-state index is 13.0. The summed E-state index contributed by atoms with van der Waals surface area (Å²) in [7, 11) is 0. The fraction of sp³-hybridized carbons (Fsp3) is 0.292. The number of esters is 1. The average Bonchev–Trinajstić information content (AvgIpc) is 3.03. The van der Waals surface area contributed by atoms with Gasteiger partial charge in [-0.15, -0.1) is 0 Å². The number of likely N-dealkylation sites (N-methyl/N-ethyl adjacent to an activating group) is 1. The molecule has 0 bridgehead atoms. The highest BCUT2D eigenvalue weighted by Crippen LogP contribution is 2.35. The molecule has 2 aromatic carbocycles. The topological polar surface area (TPSA) is 68.2 Å². The summed E-state index contributed by atoms with van der Waals surface area (Å²) in [6.07, 6.45) is 1.87. The monoisotopic (exact) mass is 438 g/mol. The number of ether oxygens (including phenoxy) is 2. The minimum absolute atomic E-state index is 0.0300. The first-order chi connectivity index (χ1) is 14.9. The van der Waals surface area contributed by atoms with Crippen LogP contribution in [0.15, 0.2) is 58.4 Å². The van der Waals surface area contributed by atoms with Crippen LogP contribution in [0, 0.1) is 0 Å². The lowest BCUT2D eigenvalue weighted by Crippen LogP contribution is -2.28. The molecule has 0 saturated carbocycles. The molecule has 3 rings (SSSR count). The number of thioether (sulfide) groups is 1. The molecule has 6 nitrogen and oxygen atoms in total. The Labute approximate surface area is 187 Å². The lowest BCUT2D eigenvalue weighted by molar-refractivity contribution is -0.122. The largest absolute Gasteiger partial charge is 0.490 e. The predicted molar refractivity (Wildman–Crippen MR) is 125 cm³/mol. The Bertz CT molecular complexity index is 1030. The fourth-order valence-electron chi connectivity index (χ4n) is 3.00. The molecule has 162 valence electrons. The summed E-state index contributed by atoms with van der Waals surface area (Å²) in [5.74, 6) is 0.232. The second kappa shape index (κ2) is 10.3. The molecule has 1 fully saturated rings. The molecular weight excluding hydrogens is 412 g/mol. The molecular formula is C24H26N2O4S. The van der Waals surface area contributed by atoms with Crippen LogP contribution in [0.2, 0.25) is 0 Å². The molecule has 1 heterocycles. The van der Waals surface area contributed by atoms with Crippen molar-refractivity contribution in [2.24, 2.45) is 4.99 Å². The minimum Gasteiger partial charge on any atom is -0.490 e. The highest BCUT2D eigenvalue weighted by Gasteiger charge is 2.32. The first-order valence-electron chi connectivity index (χ1n) is 10.3. The second-order valence-corrected chi connectivity index (χ2v) is 8.04. The Morgan fingerprint density at radius 3 is 2.65 bits per heavy atom. The van der Waals surface area contributed by atoms with E-state index in [0.717, 1.165) is 11.3 Å². The molecule has 1 aliphatic heterocycles. The smallest absolute Gasteiger partial charge is 0.338 e.